The first-order valence-corrected chi connectivity index (χ1v) is 7.24. The predicted octanol–water partition coefficient (Wildman–Crippen LogP) is 2.60. The summed E-state index contributed by atoms with van der Waals surface area (Å²) in [6, 6.07) is 10.4. The van der Waals surface area contributed by atoms with Crippen LogP contribution in [-0.2, 0) is 4.79 Å². The standard InChI is InChI=1S/C16H24N2O/c1-3-15(13-7-5-4-6-8-13)17-16(19)14-9-11-18(2)12-10-14/h4-8,14-15H,3,9-12H2,1-2H3,(H,17,19)/t15-/m1/s1. The Bertz CT molecular complexity index is 396. The van der Waals surface area contributed by atoms with E-state index in [1.165, 1.54) is 5.56 Å². The summed E-state index contributed by atoms with van der Waals surface area (Å²) >= 11 is 0. The number of nitrogens with one attached hydrogen (secondary N) is 1. The second-order valence-electron chi connectivity index (χ2n) is 5.46. The van der Waals surface area contributed by atoms with Crippen molar-refractivity contribution in [3.8, 4) is 0 Å². The molecule has 1 saturated heterocycles. The molecule has 104 valence electrons. The van der Waals surface area contributed by atoms with Crippen LogP contribution in [0.4, 0.5) is 0 Å². The number of hydrogen-bond acceptors (Lipinski definition) is 2. The Morgan fingerprint density at radius 1 is 1.32 bits per heavy atom. The second kappa shape index (κ2) is 6.71. The summed E-state index contributed by atoms with van der Waals surface area (Å²) in [6.07, 6.45) is 2.89. The molecule has 3 nitrogen and oxygen atoms in total. The first kappa shape index (κ1) is 14.1. The number of likely N-dealkylation sites (tertiary alicyclic amines) is 1. The van der Waals surface area contributed by atoms with E-state index in [0.29, 0.717) is 0 Å². The van der Waals surface area contributed by atoms with Crippen molar-refractivity contribution >= 4 is 5.91 Å². The molecular formula is C16H24N2O. The first-order valence-electron chi connectivity index (χ1n) is 7.24. The Kier molecular flexibility index (Phi) is 4.97. The van der Waals surface area contributed by atoms with Gasteiger partial charge in [0, 0.05) is 5.92 Å². The number of amides is 1. The summed E-state index contributed by atoms with van der Waals surface area (Å²) in [5, 5.41) is 3.21. The normalized spacial score (nSPS) is 19.1. The molecule has 1 fully saturated rings. The van der Waals surface area contributed by atoms with Gasteiger partial charge < -0.3 is 10.2 Å². The smallest absolute Gasteiger partial charge is 0.223 e. The van der Waals surface area contributed by atoms with Gasteiger partial charge in [-0.25, -0.2) is 0 Å². The van der Waals surface area contributed by atoms with Crippen molar-refractivity contribution in [1.82, 2.24) is 10.2 Å². The van der Waals surface area contributed by atoms with E-state index in [9.17, 15) is 4.79 Å². The lowest BCUT2D eigenvalue weighted by atomic mass is 9.95. The summed E-state index contributed by atoms with van der Waals surface area (Å²) in [4.78, 5) is 14.6. The Labute approximate surface area is 116 Å². The van der Waals surface area contributed by atoms with E-state index in [2.05, 4.69) is 36.3 Å². The molecular weight excluding hydrogens is 236 g/mol. The van der Waals surface area contributed by atoms with Gasteiger partial charge in [-0.3, -0.25) is 4.79 Å². The third-order valence-corrected chi connectivity index (χ3v) is 4.02. The summed E-state index contributed by atoms with van der Waals surface area (Å²) in [5.41, 5.74) is 1.20. The van der Waals surface area contributed by atoms with Crippen molar-refractivity contribution in [2.45, 2.75) is 32.2 Å². The second-order valence-corrected chi connectivity index (χ2v) is 5.46. The Hall–Kier alpha value is -1.35. The molecule has 1 amide bonds. The highest BCUT2D eigenvalue weighted by Crippen LogP contribution is 2.20. The average Bonchev–Trinajstić information content (AvgIpc) is 2.46. The fourth-order valence-electron chi connectivity index (χ4n) is 2.67. The maximum Gasteiger partial charge on any atom is 0.223 e. The highest BCUT2D eigenvalue weighted by molar-refractivity contribution is 5.79. The van der Waals surface area contributed by atoms with Crippen LogP contribution < -0.4 is 5.32 Å². The quantitative estimate of drug-likeness (QED) is 0.902. The van der Waals surface area contributed by atoms with Gasteiger partial charge in [-0.1, -0.05) is 37.3 Å². The molecule has 0 spiro atoms. The largest absolute Gasteiger partial charge is 0.349 e. The molecule has 0 unspecified atom stereocenters. The molecule has 1 atom stereocenters. The van der Waals surface area contributed by atoms with E-state index < -0.39 is 0 Å². The number of rotatable bonds is 4. The monoisotopic (exact) mass is 260 g/mol. The molecule has 1 aliphatic heterocycles. The summed E-state index contributed by atoms with van der Waals surface area (Å²) in [6.45, 7) is 4.17. The molecule has 1 aromatic carbocycles. The number of carbonyl (C=O) groups is 1. The SMILES string of the molecule is CC[C@@H](NC(=O)C1CCN(C)CC1)c1ccccc1. The minimum atomic E-state index is 0.147. The lowest BCUT2D eigenvalue weighted by Crippen LogP contribution is -2.40. The van der Waals surface area contributed by atoms with Crippen molar-refractivity contribution in [2.75, 3.05) is 20.1 Å². The number of benzene rings is 1. The Balaban J connectivity index is 1.93. The number of piperidine rings is 1. The third-order valence-electron chi connectivity index (χ3n) is 4.02. The maximum absolute atomic E-state index is 12.3. The van der Waals surface area contributed by atoms with Gasteiger partial charge >= 0.3 is 0 Å². The summed E-state index contributed by atoms with van der Waals surface area (Å²) in [7, 11) is 2.12. The fraction of sp³-hybridized carbons (Fsp3) is 0.562. The molecule has 0 radical (unpaired) electrons. The molecule has 3 heteroatoms. The van der Waals surface area contributed by atoms with Gasteiger partial charge in [-0.15, -0.1) is 0 Å². The topological polar surface area (TPSA) is 32.3 Å². The third kappa shape index (κ3) is 3.80. The van der Waals surface area contributed by atoms with Crippen LogP contribution in [0.5, 0.6) is 0 Å². The minimum Gasteiger partial charge on any atom is -0.349 e. The summed E-state index contributed by atoms with van der Waals surface area (Å²) < 4.78 is 0. The molecule has 1 aliphatic rings. The van der Waals surface area contributed by atoms with Crippen LogP contribution in [0.1, 0.15) is 37.8 Å². The van der Waals surface area contributed by atoms with E-state index in [1.54, 1.807) is 0 Å². The molecule has 0 aromatic heterocycles. The zero-order chi connectivity index (χ0) is 13.7. The van der Waals surface area contributed by atoms with Crippen LogP contribution in [0.2, 0.25) is 0 Å². The molecule has 0 aliphatic carbocycles. The van der Waals surface area contributed by atoms with Crippen molar-refractivity contribution < 1.29 is 4.79 Å². The van der Waals surface area contributed by atoms with Gasteiger partial charge in [-0.05, 0) is 45.0 Å². The highest BCUT2D eigenvalue weighted by atomic mass is 16.1. The molecule has 0 bridgehead atoms. The van der Waals surface area contributed by atoms with Gasteiger partial charge in [0.2, 0.25) is 5.91 Å². The van der Waals surface area contributed by atoms with E-state index in [0.717, 1.165) is 32.4 Å². The molecule has 1 N–H and O–H groups in total. The lowest BCUT2D eigenvalue weighted by molar-refractivity contribution is -0.127. The van der Waals surface area contributed by atoms with E-state index in [-0.39, 0.29) is 17.9 Å². The molecule has 19 heavy (non-hydrogen) atoms. The zero-order valence-electron chi connectivity index (χ0n) is 11.9. The van der Waals surface area contributed by atoms with Gasteiger partial charge in [0.1, 0.15) is 0 Å². The average molecular weight is 260 g/mol. The van der Waals surface area contributed by atoms with Gasteiger partial charge in [0.25, 0.3) is 0 Å². The predicted molar refractivity (Wildman–Crippen MR) is 77.8 cm³/mol. The van der Waals surface area contributed by atoms with Crippen molar-refractivity contribution in [2.24, 2.45) is 5.92 Å². The highest BCUT2D eigenvalue weighted by Gasteiger charge is 2.25. The van der Waals surface area contributed by atoms with E-state index in [4.69, 9.17) is 0 Å². The molecule has 1 heterocycles. The van der Waals surface area contributed by atoms with Crippen LogP contribution >= 0.6 is 0 Å². The van der Waals surface area contributed by atoms with Crippen LogP contribution in [0.15, 0.2) is 30.3 Å². The van der Waals surface area contributed by atoms with E-state index >= 15 is 0 Å². The first-order chi connectivity index (χ1) is 9.20. The van der Waals surface area contributed by atoms with Crippen LogP contribution in [0.3, 0.4) is 0 Å². The molecule has 0 saturated carbocycles. The van der Waals surface area contributed by atoms with Crippen LogP contribution in [0.25, 0.3) is 0 Å². The van der Waals surface area contributed by atoms with Crippen LogP contribution in [0, 0.1) is 5.92 Å². The van der Waals surface area contributed by atoms with Crippen LogP contribution in [-0.4, -0.2) is 30.9 Å². The molecule has 1 aromatic rings. The van der Waals surface area contributed by atoms with Crippen molar-refractivity contribution in [1.29, 1.82) is 0 Å². The minimum absolute atomic E-state index is 0.147. The number of carbonyl (C=O) groups excluding carboxylic acids is 1. The fourth-order valence-corrected chi connectivity index (χ4v) is 2.67. The van der Waals surface area contributed by atoms with Gasteiger partial charge in [-0.2, -0.15) is 0 Å². The molecule has 2 rings (SSSR count). The number of nitrogens with zero attached hydrogens (tertiary/aromatic N) is 1. The summed E-state index contributed by atoms with van der Waals surface area (Å²) in [5.74, 6) is 0.415. The van der Waals surface area contributed by atoms with Crippen molar-refractivity contribution in [3.63, 3.8) is 0 Å². The van der Waals surface area contributed by atoms with E-state index in [1.807, 2.05) is 18.2 Å². The maximum atomic E-state index is 12.3. The van der Waals surface area contributed by atoms with Crippen molar-refractivity contribution in [3.05, 3.63) is 35.9 Å². The van der Waals surface area contributed by atoms with Gasteiger partial charge in [0.15, 0.2) is 0 Å². The zero-order valence-corrected chi connectivity index (χ0v) is 11.9. The van der Waals surface area contributed by atoms with Gasteiger partial charge in [0.05, 0.1) is 6.04 Å². The Morgan fingerprint density at radius 2 is 1.95 bits per heavy atom. The number of hydrogen-bond donors (Lipinski definition) is 1. The lowest BCUT2D eigenvalue weighted by Gasteiger charge is -2.29. The Morgan fingerprint density at radius 3 is 2.53 bits per heavy atom.